The molecule has 278 valence electrons. The molecule has 0 radical (unpaired) electrons. The van der Waals surface area contributed by atoms with E-state index in [-0.39, 0.29) is 24.4 Å². The number of Topliss-reactive ketones (excluding diaryl/α,β-unsaturated/α-hetero) is 1. The third-order valence-corrected chi connectivity index (χ3v) is 9.27. The quantitative estimate of drug-likeness (QED) is 0.106. The number of aromatic nitrogens is 3. The van der Waals surface area contributed by atoms with Gasteiger partial charge in [-0.25, -0.2) is 19.3 Å². The molecule has 6 aromatic rings. The summed E-state index contributed by atoms with van der Waals surface area (Å²) in [6, 6.07) is 19.5. The highest BCUT2D eigenvalue weighted by Gasteiger charge is 2.19. The number of ether oxygens (including phenoxy) is 4. The van der Waals surface area contributed by atoms with Gasteiger partial charge in [0, 0.05) is 57.6 Å². The van der Waals surface area contributed by atoms with Gasteiger partial charge in [-0.15, -0.1) is 11.3 Å². The molecule has 2 aromatic carbocycles. The Morgan fingerprint density at radius 3 is 1.94 bits per heavy atom. The summed E-state index contributed by atoms with van der Waals surface area (Å²) >= 11 is 28.9. The maximum absolute atomic E-state index is 14.2. The number of aliphatic hydroxyl groups excluding tert-OH is 1. The number of carbonyl (C=O) groups is 1. The van der Waals surface area contributed by atoms with E-state index < -0.39 is 6.10 Å². The zero-order valence-electron chi connectivity index (χ0n) is 28.5. The highest BCUT2D eigenvalue weighted by molar-refractivity contribution is 7.17. The second-order valence-corrected chi connectivity index (χ2v) is 13.6. The number of aliphatic hydroxyl groups is 1. The van der Waals surface area contributed by atoms with E-state index >= 15 is 0 Å². The molecule has 0 aliphatic rings. The fraction of sp³-hybridized carbons (Fsp3) is 0.189. The van der Waals surface area contributed by atoms with Crippen LogP contribution in [-0.2, 0) is 0 Å². The largest absolute Gasteiger partial charge is 0.497 e. The summed E-state index contributed by atoms with van der Waals surface area (Å²) in [5.74, 6) is 1.71. The third kappa shape index (κ3) is 11.8. The van der Waals surface area contributed by atoms with Crippen LogP contribution in [0, 0.1) is 5.82 Å². The molecule has 1 atom stereocenters. The van der Waals surface area contributed by atoms with Crippen LogP contribution in [0.3, 0.4) is 0 Å². The van der Waals surface area contributed by atoms with E-state index in [2.05, 4.69) is 15.0 Å². The third-order valence-electron chi connectivity index (χ3n) is 7.27. The maximum Gasteiger partial charge on any atom is 0.163 e. The average molecular weight is 842 g/mol. The van der Waals surface area contributed by atoms with Crippen LogP contribution in [0.2, 0.25) is 25.6 Å². The second kappa shape index (κ2) is 19.9. The molecule has 0 aliphatic carbocycles. The molecule has 9 nitrogen and oxygen atoms in total. The molecule has 0 amide bonds. The van der Waals surface area contributed by atoms with Crippen LogP contribution in [0.15, 0.2) is 78.2 Å². The summed E-state index contributed by atoms with van der Waals surface area (Å²) in [5.41, 5.74) is 2.17. The van der Waals surface area contributed by atoms with Crippen molar-refractivity contribution in [1.82, 2.24) is 15.0 Å². The lowest BCUT2D eigenvalue weighted by molar-refractivity contribution is 0.0937. The van der Waals surface area contributed by atoms with Crippen molar-refractivity contribution >= 4 is 85.2 Å². The van der Waals surface area contributed by atoms with Gasteiger partial charge >= 0.3 is 0 Å². The number of hydrogen-bond donors (Lipinski definition) is 1. The first-order valence-corrected chi connectivity index (χ1v) is 18.1. The zero-order chi connectivity index (χ0) is 38.7. The lowest BCUT2D eigenvalue weighted by Gasteiger charge is -2.14. The lowest BCUT2D eigenvalue weighted by atomic mass is 10.0. The normalized spacial score (nSPS) is 11.1. The highest BCUT2D eigenvalue weighted by Crippen LogP contribution is 2.37. The first-order valence-electron chi connectivity index (χ1n) is 15.4. The monoisotopic (exact) mass is 839 g/mol. The molecule has 0 aliphatic heterocycles. The fourth-order valence-electron chi connectivity index (χ4n) is 4.74. The SMILES string of the molecule is COc1cc(-c2csc3c(F)cccc23)nc(C(O)CCC(=O)c2ccc(OC)c(OC)c2)c1.COc1cc(Cl)nc(Cl)c1.Clc1cc(Cl)nc(Cl)c1. The van der Waals surface area contributed by atoms with Crippen LogP contribution in [0.1, 0.15) is 35.0 Å². The average Bonchev–Trinajstić information content (AvgIpc) is 3.58. The Morgan fingerprint density at radius 1 is 0.755 bits per heavy atom. The van der Waals surface area contributed by atoms with Gasteiger partial charge in [0.2, 0.25) is 0 Å². The molecule has 4 heterocycles. The van der Waals surface area contributed by atoms with E-state index in [0.29, 0.717) is 70.3 Å². The van der Waals surface area contributed by atoms with E-state index in [9.17, 15) is 14.3 Å². The van der Waals surface area contributed by atoms with E-state index in [1.54, 1.807) is 55.6 Å². The molecular weight excluding hydrogens is 811 g/mol. The summed E-state index contributed by atoms with van der Waals surface area (Å²) < 4.78 is 35.4. The molecule has 0 bridgehead atoms. The van der Waals surface area contributed by atoms with Crippen molar-refractivity contribution < 1.29 is 33.2 Å². The standard InChI is InChI=1S/C26H24FNO5S.C6H5Cl2NO.C5H2Cl3N/c1-31-16-12-20(18-14-34-26-17(18)5-4-6-19(26)27)28-21(13-16)23(30)9-8-22(29)15-7-10-24(32-2)25(11-15)33-3;1-10-4-2-5(7)9-6(8)3-4;6-3-1-4(7)9-5(8)2-3/h4-7,10-14,23,30H,8-9H2,1-3H3;2-3H,1H3;1-2H. The Kier molecular flexibility index (Phi) is 15.7. The number of halogens is 6. The molecule has 53 heavy (non-hydrogen) atoms. The number of nitrogens with zero attached hydrogens (tertiary/aromatic N) is 3. The van der Waals surface area contributed by atoms with Gasteiger partial charge in [0.1, 0.15) is 37.9 Å². The van der Waals surface area contributed by atoms with Crippen LogP contribution < -0.4 is 18.9 Å². The molecule has 1 N–H and O–H groups in total. The second-order valence-electron chi connectivity index (χ2n) is 10.7. The number of benzene rings is 2. The Hall–Kier alpha value is -3.94. The van der Waals surface area contributed by atoms with Gasteiger partial charge in [0.05, 0.1) is 50.6 Å². The van der Waals surface area contributed by atoms with Gasteiger partial charge < -0.3 is 24.1 Å². The fourth-order valence-corrected chi connectivity index (χ4v) is 6.93. The number of rotatable bonds is 10. The molecule has 0 saturated carbocycles. The van der Waals surface area contributed by atoms with Crippen LogP contribution in [-0.4, -0.2) is 54.3 Å². The van der Waals surface area contributed by atoms with Gasteiger partial charge in [-0.2, -0.15) is 0 Å². The van der Waals surface area contributed by atoms with Crippen LogP contribution >= 0.6 is 69.3 Å². The van der Waals surface area contributed by atoms with Crippen molar-refractivity contribution in [2.24, 2.45) is 0 Å². The molecule has 4 aromatic heterocycles. The van der Waals surface area contributed by atoms with Crippen molar-refractivity contribution in [1.29, 1.82) is 0 Å². The molecule has 1 unspecified atom stereocenters. The number of ketones is 1. The van der Waals surface area contributed by atoms with Gasteiger partial charge in [-0.1, -0.05) is 70.1 Å². The minimum atomic E-state index is -0.987. The maximum atomic E-state index is 14.2. The summed E-state index contributed by atoms with van der Waals surface area (Å²) in [6.07, 6.45) is -0.705. The predicted molar refractivity (Wildman–Crippen MR) is 210 cm³/mol. The number of thiophene rings is 1. The zero-order valence-corrected chi connectivity index (χ0v) is 33.1. The Morgan fingerprint density at radius 2 is 1.36 bits per heavy atom. The summed E-state index contributed by atoms with van der Waals surface area (Å²) in [6.45, 7) is 0. The number of hydrogen-bond acceptors (Lipinski definition) is 10. The summed E-state index contributed by atoms with van der Waals surface area (Å²) in [5, 5.41) is 15.2. The van der Waals surface area contributed by atoms with E-state index in [0.717, 1.165) is 10.9 Å². The molecule has 0 fully saturated rings. The van der Waals surface area contributed by atoms with Gasteiger partial charge in [0.15, 0.2) is 17.3 Å². The Bertz CT molecular complexity index is 2120. The van der Waals surface area contributed by atoms with Crippen LogP contribution in [0.5, 0.6) is 23.0 Å². The molecule has 0 saturated heterocycles. The van der Waals surface area contributed by atoms with E-state index in [1.807, 2.05) is 11.4 Å². The number of fused-ring (bicyclic) bond motifs is 1. The summed E-state index contributed by atoms with van der Waals surface area (Å²) in [7, 11) is 6.11. The Labute approximate surface area is 334 Å². The van der Waals surface area contributed by atoms with Crippen molar-refractivity contribution in [2.75, 3.05) is 28.4 Å². The smallest absolute Gasteiger partial charge is 0.163 e. The minimum Gasteiger partial charge on any atom is -0.497 e. The van der Waals surface area contributed by atoms with E-state index in [4.69, 9.17) is 77.0 Å². The molecule has 6 rings (SSSR count). The molecule has 0 spiro atoms. The molecular formula is C37H31Cl5FN3O6S. The van der Waals surface area contributed by atoms with Crippen LogP contribution in [0.4, 0.5) is 4.39 Å². The van der Waals surface area contributed by atoms with Crippen molar-refractivity contribution in [2.45, 2.75) is 18.9 Å². The Balaban J connectivity index is 0.000000267. The van der Waals surface area contributed by atoms with Crippen molar-refractivity contribution in [3.8, 4) is 34.3 Å². The highest BCUT2D eigenvalue weighted by atomic mass is 35.5. The number of carbonyl (C=O) groups excluding carboxylic acids is 1. The molecule has 16 heteroatoms. The first kappa shape index (κ1) is 41.8. The van der Waals surface area contributed by atoms with Crippen molar-refractivity contribution in [3.05, 3.63) is 121 Å². The van der Waals surface area contributed by atoms with Gasteiger partial charge in [-0.3, -0.25) is 4.79 Å². The van der Waals surface area contributed by atoms with Crippen molar-refractivity contribution in [3.63, 3.8) is 0 Å². The summed E-state index contributed by atoms with van der Waals surface area (Å²) in [4.78, 5) is 24.7. The predicted octanol–water partition coefficient (Wildman–Crippen LogP) is 11.3. The van der Waals surface area contributed by atoms with Gasteiger partial charge in [0.25, 0.3) is 0 Å². The number of methoxy groups -OCH3 is 4. The topological polar surface area (TPSA) is 113 Å². The van der Waals surface area contributed by atoms with Crippen LogP contribution in [0.25, 0.3) is 21.3 Å². The number of pyridine rings is 3. The lowest BCUT2D eigenvalue weighted by Crippen LogP contribution is -2.07. The van der Waals surface area contributed by atoms with Gasteiger partial charge in [-0.05, 0) is 42.8 Å². The minimum absolute atomic E-state index is 0.109. The first-order chi connectivity index (χ1) is 25.3. The van der Waals surface area contributed by atoms with E-state index in [1.165, 1.54) is 50.9 Å².